The fourth-order valence-electron chi connectivity index (χ4n) is 4.80. The van der Waals surface area contributed by atoms with E-state index in [1.807, 2.05) is 72.9 Å². The second-order valence-corrected chi connectivity index (χ2v) is 9.30. The van der Waals surface area contributed by atoms with Gasteiger partial charge in [0.05, 0.1) is 18.4 Å². The molecule has 0 saturated heterocycles. The number of hydrogen-bond donors (Lipinski definition) is 0. The fraction of sp³-hybridized carbons (Fsp3) is 0.258. The van der Waals surface area contributed by atoms with Crippen molar-refractivity contribution in [2.75, 3.05) is 12.0 Å². The van der Waals surface area contributed by atoms with E-state index in [1.54, 1.807) is 6.07 Å². The Morgan fingerprint density at radius 1 is 0.919 bits per heavy atom. The van der Waals surface area contributed by atoms with Crippen molar-refractivity contribution in [1.29, 1.82) is 0 Å². The summed E-state index contributed by atoms with van der Waals surface area (Å²) in [5.74, 6) is 1.20. The quantitative estimate of drug-likeness (QED) is 0.249. The van der Waals surface area contributed by atoms with E-state index in [1.165, 1.54) is 20.0 Å². The zero-order chi connectivity index (χ0) is 25.5. The second kappa shape index (κ2) is 11.7. The van der Waals surface area contributed by atoms with Crippen LogP contribution in [0.4, 0.5) is 5.95 Å². The topological polar surface area (TPSA) is 64.5 Å². The van der Waals surface area contributed by atoms with Crippen molar-refractivity contribution in [2.45, 2.75) is 44.9 Å². The second-order valence-electron chi connectivity index (χ2n) is 9.30. The van der Waals surface area contributed by atoms with Crippen LogP contribution in [0.3, 0.4) is 0 Å². The molecule has 0 radical (unpaired) electrons. The maximum Gasteiger partial charge on any atom is 0.337 e. The van der Waals surface area contributed by atoms with Crippen molar-refractivity contribution in [3.8, 4) is 17.0 Å². The summed E-state index contributed by atoms with van der Waals surface area (Å²) >= 11 is 0. The van der Waals surface area contributed by atoms with E-state index in [0.717, 1.165) is 41.0 Å². The largest absolute Gasteiger partial charge is 0.489 e. The lowest BCUT2D eigenvalue weighted by atomic mass is 10.1. The summed E-state index contributed by atoms with van der Waals surface area (Å²) in [6.45, 7) is 1.16. The highest BCUT2D eigenvalue weighted by atomic mass is 16.5. The van der Waals surface area contributed by atoms with Gasteiger partial charge in [0.15, 0.2) is 0 Å². The molecule has 1 fully saturated rings. The van der Waals surface area contributed by atoms with Crippen LogP contribution in [0.1, 0.15) is 47.2 Å². The third kappa shape index (κ3) is 6.15. The molecule has 188 valence electrons. The molecule has 0 N–H and O–H groups in total. The minimum atomic E-state index is -0.330. The molecule has 4 aromatic rings. The molecule has 0 amide bonds. The average molecular weight is 494 g/mol. The predicted molar refractivity (Wildman–Crippen MR) is 144 cm³/mol. The normalized spacial score (nSPS) is 13.3. The van der Waals surface area contributed by atoms with Crippen molar-refractivity contribution >= 4 is 11.9 Å². The van der Waals surface area contributed by atoms with Crippen LogP contribution in [0.25, 0.3) is 11.3 Å². The number of esters is 1. The lowest BCUT2D eigenvalue weighted by Crippen LogP contribution is -2.34. The first-order chi connectivity index (χ1) is 18.2. The Morgan fingerprint density at radius 3 is 2.43 bits per heavy atom. The molecule has 0 atom stereocenters. The molecule has 1 aliphatic carbocycles. The summed E-state index contributed by atoms with van der Waals surface area (Å²) in [6, 6.07) is 28.1. The zero-order valence-electron chi connectivity index (χ0n) is 21.0. The van der Waals surface area contributed by atoms with Gasteiger partial charge in [-0.2, -0.15) is 0 Å². The number of anilines is 1. The molecule has 0 unspecified atom stereocenters. The number of benzene rings is 3. The molecule has 0 aliphatic heterocycles. The molecule has 0 bridgehead atoms. The molecular weight excluding hydrogens is 462 g/mol. The first-order valence-corrected chi connectivity index (χ1v) is 12.7. The molecule has 1 aliphatic rings. The van der Waals surface area contributed by atoms with Gasteiger partial charge in [-0.1, -0.05) is 55.3 Å². The lowest BCUT2D eigenvalue weighted by molar-refractivity contribution is 0.0600. The number of carbonyl (C=O) groups excluding carboxylic acids is 1. The van der Waals surface area contributed by atoms with Crippen LogP contribution in [0.2, 0.25) is 0 Å². The first-order valence-electron chi connectivity index (χ1n) is 12.7. The zero-order valence-corrected chi connectivity index (χ0v) is 21.0. The minimum absolute atomic E-state index is 0.330. The van der Waals surface area contributed by atoms with E-state index in [4.69, 9.17) is 14.5 Å². The lowest BCUT2D eigenvalue weighted by Gasteiger charge is -2.29. The smallest absolute Gasteiger partial charge is 0.337 e. The molecule has 1 saturated carbocycles. The molecule has 3 aromatic carbocycles. The Balaban J connectivity index is 1.35. The van der Waals surface area contributed by atoms with Gasteiger partial charge in [0.2, 0.25) is 5.95 Å². The summed E-state index contributed by atoms with van der Waals surface area (Å²) in [4.78, 5) is 24.0. The highest BCUT2D eigenvalue weighted by Crippen LogP contribution is 2.30. The first kappa shape index (κ1) is 24.5. The summed E-state index contributed by atoms with van der Waals surface area (Å²) in [6.07, 6.45) is 6.45. The Kier molecular flexibility index (Phi) is 7.75. The Labute approximate surface area is 217 Å². The molecule has 6 nitrogen and oxygen atoms in total. The number of aromatic nitrogens is 2. The van der Waals surface area contributed by atoms with Gasteiger partial charge in [-0.15, -0.1) is 0 Å². The van der Waals surface area contributed by atoms with Gasteiger partial charge in [0.1, 0.15) is 12.4 Å². The Bertz CT molecular complexity index is 1320. The summed E-state index contributed by atoms with van der Waals surface area (Å²) in [5, 5.41) is 0. The van der Waals surface area contributed by atoms with Crippen molar-refractivity contribution in [3.63, 3.8) is 0 Å². The summed E-state index contributed by atoms with van der Waals surface area (Å²) < 4.78 is 10.8. The molecule has 37 heavy (non-hydrogen) atoms. The number of carbonyl (C=O) groups is 1. The highest BCUT2D eigenvalue weighted by molar-refractivity contribution is 5.89. The van der Waals surface area contributed by atoms with Crippen molar-refractivity contribution < 1.29 is 14.3 Å². The number of nitrogens with zero attached hydrogens (tertiary/aromatic N) is 3. The third-order valence-corrected chi connectivity index (χ3v) is 6.76. The number of rotatable bonds is 9. The van der Waals surface area contributed by atoms with E-state index in [-0.39, 0.29) is 5.97 Å². The van der Waals surface area contributed by atoms with Gasteiger partial charge in [0, 0.05) is 24.3 Å². The Morgan fingerprint density at radius 2 is 1.68 bits per heavy atom. The van der Waals surface area contributed by atoms with Gasteiger partial charge < -0.3 is 14.4 Å². The molecule has 5 rings (SSSR count). The number of ether oxygens (including phenoxy) is 2. The van der Waals surface area contributed by atoms with Gasteiger partial charge in [-0.3, -0.25) is 0 Å². The van der Waals surface area contributed by atoms with Gasteiger partial charge >= 0.3 is 5.97 Å². The SMILES string of the molecule is COC(=O)c1cccc(CN(c2nccc(-c3ccc(OCc4ccccc4)cc3)n2)C2CCCC2)c1. The van der Waals surface area contributed by atoms with Crippen LogP contribution in [0.5, 0.6) is 5.75 Å². The van der Waals surface area contributed by atoms with E-state index in [2.05, 4.69) is 22.0 Å². The van der Waals surface area contributed by atoms with Gasteiger partial charge in [0.25, 0.3) is 0 Å². The van der Waals surface area contributed by atoms with Crippen LogP contribution >= 0.6 is 0 Å². The monoisotopic (exact) mass is 493 g/mol. The van der Waals surface area contributed by atoms with Crippen LogP contribution < -0.4 is 9.64 Å². The number of methoxy groups -OCH3 is 1. The highest BCUT2D eigenvalue weighted by Gasteiger charge is 2.25. The maximum atomic E-state index is 12.0. The number of hydrogen-bond acceptors (Lipinski definition) is 6. The van der Waals surface area contributed by atoms with Crippen molar-refractivity contribution in [1.82, 2.24) is 9.97 Å². The summed E-state index contributed by atoms with van der Waals surface area (Å²) in [7, 11) is 1.40. The minimum Gasteiger partial charge on any atom is -0.489 e. The van der Waals surface area contributed by atoms with Crippen LogP contribution in [0.15, 0.2) is 91.1 Å². The third-order valence-electron chi connectivity index (χ3n) is 6.76. The van der Waals surface area contributed by atoms with Crippen molar-refractivity contribution in [3.05, 3.63) is 108 Å². The van der Waals surface area contributed by atoms with E-state index < -0.39 is 0 Å². The van der Waals surface area contributed by atoms with Gasteiger partial charge in [-0.05, 0) is 66.4 Å². The maximum absolute atomic E-state index is 12.0. The van der Waals surface area contributed by atoms with E-state index in [0.29, 0.717) is 30.7 Å². The average Bonchev–Trinajstić information content (AvgIpc) is 3.50. The van der Waals surface area contributed by atoms with Crippen LogP contribution in [-0.4, -0.2) is 29.1 Å². The molecule has 6 heteroatoms. The summed E-state index contributed by atoms with van der Waals surface area (Å²) in [5.41, 5.74) is 4.59. The predicted octanol–water partition coefficient (Wildman–Crippen LogP) is 6.46. The van der Waals surface area contributed by atoms with Gasteiger partial charge in [-0.25, -0.2) is 14.8 Å². The van der Waals surface area contributed by atoms with Crippen LogP contribution in [-0.2, 0) is 17.9 Å². The standard InChI is InChI=1S/C31H31N3O3/c1-36-30(35)26-11-7-10-24(20-26)21-34(27-12-5-6-13-27)31-32-19-18-29(33-31)25-14-16-28(17-15-25)37-22-23-8-3-2-4-9-23/h2-4,7-11,14-20,27H,5-6,12-13,21-22H2,1H3. The molecule has 0 spiro atoms. The molecule has 1 heterocycles. The van der Waals surface area contributed by atoms with Crippen molar-refractivity contribution in [2.24, 2.45) is 0 Å². The fourth-order valence-corrected chi connectivity index (χ4v) is 4.80. The van der Waals surface area contributed by atoms with E-state index in [9.17, 15) is 4.79 Å². The molecule has 1 aromatic heterocycles. The molecular formula is C31H31N3O3. The van der Waals surface area contributed by atoms with E-state index >= 15 is 0 Å². The Hall–Kier alpha value is -4.19. The van der Waals surface area contributed by atoms with Crippen LogP contribution in [0, 0.1) is 0 Å².